The van der Waals surface area contributed by atoms with E-state index in [9.17, 15) is 0 Å². The average Bonchev–Trinajstić information content (AvgIpc) is 2.23. The smallest absolute Gasteiger partial charge is 0.192 e. The molecular formula is C13H15N3S. The lowest BCUT2D eigenvalue weighted by atomic mass is 10.2. The highest BCUT2D eigenvalue weighted by atomic mass is 32.2. The Morgan fingerprint density at radius 2 is 1.71 bits per heavy atom. The van der Waals surface area contributed by atoms with Gasteiger partial charge in [-0.1, -0.05) is 6.07 Å². The molecule has 2 rings (SSSR count). The monoisotopic (exact) mass is 245 g/mol. The molecule has 0 aliphatic heterocycles. The number of benzene rings is 1. The molecular weight excluding hydrogens is 230 g/mol. The zero-order valence-electron chi connectivity index (χ0n) is 10.2. The Labute approximate surface area is 105 Å². The molecule has 0 bridgehead atoms. The standard InChI is InChI=1S/C13H15N3S/c1-8-7-9(2)16-13(15-8)17-12-6-4-5-11(14)10(12)3/h4-7H,14H2,1-3H3. The molecule has 2 aromatic rings. The number of nitrogens with two attached hydrogens (primary N) is 1. The van der Waals surface area contributed by atoms with Crippen molar-refractivity contribution in [1.82, 2.24) is 9.97 Å². The first-order chi connectivity index (χ1) is 8.06. The van der Waals surface area contributed by atoms with E-state index in [0.717, 1.165) is 32.7 Å². The van der Waals surface area contributed by atoms with Crippen molar-refractivity contribution in [3.63, 3.8) is 0 Å². The number of nitrogen functional groups attached to an aromatic ring is 1. The van der Waals surface area contributed by atoms with E-state index in [1.165, 1.54) is 0 Å². The lowest BCUT2D eigenvalue weighted by Crippen LogP contribution is -1.94. The van der Waals surface area contributed by atoms with E-state index in [0.29, 0.717) is 0 Å². The minimum absolute atomic E-state index is 0.774. The van der Waals surface area contributed by atoms with E-state index < -0.39 is 0 Å². The normalized spacial score (nSPS) is 10.5. The molecule has 1 aromatic carbocycles. The van der Waals surface area contributed by atoms with E-state index in [1.807, 2.05) is 45.0 Å². The van der Waals surface area contributed by atoms with Gasteiger partial charge < -0.3 is 5.73 Å². The summed E-state index contributed by atoms with van der Waals surface area (Å²) >= 11 is 1.55. The Morgan fingerprint density at radius 1 is 1.06 bits per heavy atom. The minimum atomic E-state index is 0.774. The predicted octanol–water partition coefficient (Wildman–Crippen LogP) is 3.14. The first-order valence-electron chi connectivity index (χ1n) is 5.41. The highest BCUT2D eigenvalue weighted by Gasteiger charge is 2.06. The molecule has 0 saturated carbocycles. The maximum Gasteiger partial charge on any atom is 0.192 e. The fourth-order valence-corrected chi connectivity index (χ4v) is 2.57. The summed E-state index contributed by atoms with van der Waals surface area (Å²) in [5, 5.41) is 0.774. The van der Waals surface area contributed by atoms with Gasteiger partial charge in [0.25, 0.3) is 0 Å². The molecule has 0 aliphatic rings. The first-order valence-corrected chi connectivity index (χ1v) is 6.23. The van der Waals surface area contributed by atoms with Crippen LogP contribution >= 0.6 is 11.8 Å². The van der Waals surface area contributed by atoms with Crippen molar-refractivity contribution < 1.29 is 0 Å². The molecule has 0 atom stereocenters. The van der Waals surface area contributed by atoms with E-state index >= 15 is 0 Å². The van der Waals surface area contributed by atoms with Crippen LogP contribution in [0.25, 0.3) is 0 Å². The molecule has 2 N–H and O–H groups in total. The van der Waals surface area contributed by atoms with Gasteiger partial charge in [0.2, 0.25) is 0 Å². The number of aryl methyl sites for hydroxylation is 2. The number of anilines is 1. The van der Waals surface area contributed by atoms with Gasteiger partial charge in [0.05, 0.1) is 0 Å². The van der Waals surface area contributed by atoms with E-state index in [-0.39, 0.29) is 0 Å². The van der Waals surface area contributed by atoms with E-state index in [2.05, 4.69) is 9.97 Å². The third-order valence-corrected chi connectivity index (χ3v) is 3.52. The van der Waals surface area contributed by atoms with Gasteiger partial charge in [-0.05, 0) is 56.3 Å². The summed E-state index contributed by atoms with van der Waals surface area (Å²) in [6, 6.07) is 7.86. The second-order valence-corrected chi connectivity index (χ2v) is 5.01. The van der Waals surface area contributed by atoms with Crippen molar-refractivity contribution in [3.05, 3.63) is 41.2 Å². The highest BCUT2D eigenvalue weighted by Crippen LogP contribution is 2.30. The maximum atomic E-state index is 5.88. The molecule has 0 spiro atoms. The predicted molar refractivity (Wildman–Crippen MR) is 71.2 cm³/mol. The van der Waals surface area contributed by atoms with Gasteiger partial charge in [0, 0.05) is 22.0 Å². The fourth-order valence-electron chi connectivity index (χ4n) is 1.58. The Bertz CT molecular complexity index is 532. The number of nitrogens with zero attached hydrogens (tertiary/aromatic N) is 2. The van der Waals surface area contributed by atoms with Crippen LogP contribution in [-0.2, 0) is 0 Å². The van der Waals surface area contributed by atoms with Gasteiger partial charge in [-0.2, -0.15) is 0 Å². The SMILES string of the molecule is Cc1cc(C)nc(Sc2cccc(N)c2C)n1. The molecule has 1 heterocycles. The average molecular weight is 245 g/mol. The van der Waals surface area contributed by atoms with Crippen LogP contribution in [0, 0.1) is 20.8 Å². The maximum absolute atomic E-state index is 5.88. The fraction of sp³-hybridized carbons (Fsp3) is 0.231. The topological polar surface area (TPSA) is 51.8 Å². The van der Waals surface area contributed by atoms with Crippen LogP contribution in [0.1, 0.15) is 17.0 Å². The van der Waals surface area contributed by atoms with Gasteiger partial charge >= 0.3 is 0 Å². The minimum Gasteiger partial charge on any atom is -0.398 e. The summed E-state index contributed by atoms with van der Waals surface area (Å²) in [4.78, 5) is 9.93. The summed E-state index contributed by atoms with van der Waals surface area (Å²) in [6.45, 7) is 5.97. The highest BCUT2D eigenvalue weighted by molar-refractivity contribution is 7.99. The van der Waals surface area contributed by atoms with Gasteiger partial charge in [-0.3, -0.25) is 0 Å². The molecule has 88 valence electrons. The molecule has 0 radical (unpaired) electrons. The second-order valence-electron chi connectivity index (χ2n) is 4.01. The molecule has 0 unspecified atom stereocenters. The Hall–Kier alpha value is -1.55. The number of hydrogen-bond donors (Lipinski definition) is 1. The largest absolute Gasteiger partial charge is 0.398 e. The zero-order chi connectivity index (χ0) is 12.4. The van der Waals surface area contributed by atoms with Crippen LogP contribution in [0.2, 0.25) is 0 Å². The molecule has 0 amide bonds. The van der Waals surface area contributed by atoms with E-state index in [4.69, 9.17) is 5.73 Å². The molecule has 17 heavy (non-hydrogen) atoms. The molecule has 0 aliphatic carbocycles. The summed E-state index contributed by atoms with van der Waals surface area (Å²) in [6.07, 6.45) is 0. The van der Waals surface area contributed by atoms with Crippen molar-refractivity contribution in [2.45, 2.75) is 30.8 Å². The number of hydrogen-bond acceptors (Lipinski definition) is 4. The van der Waals surface area contributed by atoms with Gasteiger partial charge in [-0.15, -0.1) is 0 Å². The summed E-state index contributed by atoms with van der Waals surface area (Å²) < 4.78 is 0. The zero-order valence-corrected chi connectivity index (χ0v) is 11.0. The first kappa shape index (κ1) is 11.9. The molecule has 3 nitrogen and oxygen atoms in total. The van der Waals surface area contributed by atoms with Gasteiger partial charge in [0.15, 0.2) is 5.16 Å². The Morgan fingerprint density at radius 3 is 2.35 bits per heavy atom. The molecule has 0 saturated heterocycles. The van der Waals surface area contributed by atoms with Crippen LogP contribution in [0.15, 0.2) is 34.3 Å². The van der Waals surface area contributed by atoms with Crippen molar-refractivity contribution in [2.24, 2.45) is 0 Å². The molecule has 0 fully saturated rings. The van der Waals surface area contributed by atoms with Crippen molar-refractivity contribution in [1.29, 1.82) is 0 Å². The van der Waals surface area contributed by atoms with E-state index in [1.54, 1.807) is 11.8 Å². The quantitative estimate of drug-likeness (QED) is 0.652. The van der Waals surface area contributed by atoms with Crippen molar-refractivity contribution in [3.8, 4) is 0 Å². The number of rotatable bonds is 2. The third-order valence-electron chi connectivity index (χ3n) is 2.49. The van der Waals surface area contributed by atoms with Crippen LogP contribution < -0.4 is 5.73 Å². The van der Waals surface area contributed by atoms with Crippen LogP contribution in [0.3, 0.4) is 0 Å². The Balaban J connectivity index is 2.34. The second kappa shape index (κ2) is 4.75. The summed E-state index contributed by atoms with van der Waals surface area (Å²) in [5.74, 6) is 0. The van der Waals surface area contributed by atoms with Crippen LogP contribution in [0.5, 0.6) is 0 Å². The van der Waals surface area contributed by atoms with Crippen LogP contribution in [-0.4, -0.2) is 9.97 Å². The van der Waals surface area contributed by atoms with Gasteiger partial charge in [-0.25, -0.2) is 9.97 Å². The lowest BCUT2D eigenvalue weighted by Gasteiger charge is -2.07. The van der Waals surface area contributed by atoms with Crippen LogP contribution in [0.4, 0.5) is 5.69 Å². The Kier molecular flexibility index (Phi) is 3.33. The van der Waals surface area contributed by atoms with Crippen molar-refractivity contribution >= 4 is 17.4 Å². The number of aromatic nitrogens is 2. The van der Waals surface area contributed by atoms with Crippen molar-refractivity contribution in [2.75, 3.05) is 5.73 Å². The summed E-state index contributed by atoms with van der Waals surface area (Å²) in [7, 11) is 0. The third kappa shape index (κ3) is 2.77. The lowest BCUT2D eigenvalue weighted by molar-refractivity contribution is 0.901. The molecule has 1 aromatic heterocycles. The molecule has 4 heteroatoms. The summed E-state index contributed by atoms with van der Waals surface area (Å²) in [5.41, 5.74) is 9.74. The van der Waals surface area contributed by atoms with Gasteiger partial charge in [0.1, 0.15) is 0 Å².